The number of benzene rings is 1. The standard InChI is InChI=1S/C21H26N6.HI/c1-3-22-21(25-15-20-17(2)8-6-11-23-20)24-14-18-9-4-5-10-19(18)16-27-13-7-12-26-27;/h4-13H,3,14-16H2,1-2H3,(H2,22,24,25);1H. The molecule has 7 heteroatoms. The van der Waals surface area contributed by atoms with Gasteiger partial charge in [0.15, 0.2) is 5.96 Å². The Kier molecular flexibility index (Phi) is 8.93. The van der Waals surface area contributed by atoms with Crippen molar-refractivity contribution in [1.82, 2.24) is 25.4 Å². The maximum atomic E-state index is 4.76. The Morgan fingerprint density at radius 1 is 1.04 bits per heavy atom. The van der Waals surface area contributed by atoms with Gasteiger partial charge in [-0.1, -0.05) is 30.3 Å². The number of nitrogens with one attached hydrogen (secondary N) is 2. The highest BCUT2D eigenvalue weighted by atomic mass is 127. The SMILES string of the molecule is CCNC(=NCc1ccccc1Cn1cccn1)NCc1ncccc1C.I. The number of aliphatic imine (C=N–C) groups is 1. The van der Waals surface area contributed by atoms with Crippen molar-refractivity contribution in [3.8, 4) is 0 Å². The fourth-order valence-electron chi connectivity index (χ4n) is 2.81. The summed E-state index contributed by atoms with van der Waals surface area (Å²) in [6, 6.07) is 14.3. The minimum absolute atomic E-state index is 0. The molecule has 2 heterocycles. The van der Waals surface area contributed by atoms with E-state index in [9.17, 15) is 0 Å². The van der Waals surface area contributed by atoms with Crippen LogP contribution in [0.2, 0.25) is 0 Å². The largest absolute Gasteiger partial charge is 0.357 e. The molecule has 0 bridgehead atoms. The van der Waals surface area contributed by atoms with Gasteiger partial charge >= 0.3 is 0 Å². The van der Waals surface area contributed by atoms with Crippen LogP contribution in [-0.4, -0.2) is 27.3 Å². The van der Waals surface area contributed by atoms with Crippen molar-refractivity contribution in [3.63, 3.8) is 0 Å². The third-order valence-corrected chi connectivity index (χ3v) is 4.30. The van der Waals surface area contributed by atoms with Crippen LogP contribution in [0.15, 0.2) is 66.0 Å². The molecule has 0 radical (unpaired) electrons. The number of guanidine groups is 1. The quantitative estimate of drug-likeness (QED) is 0.302. The first-order valence-electron chi connectivity index (χ1n) is 9.23. The number of halogens is 1. The molecule has 0 aliphatic rings. The number of nitrogens with zero attached hydrogens (tertiary/aromatic N) is 4. The molecule has 2 aromatic heterocycles. The molecule has 6 nitrogen and oxygen atoms in total. The first-order chi connectivity index (χ1) is 13.3. The van der Waals surface area contributed by atoms with Gasteiger partial charge in [-0.15, -0.1) is 24.0 Å². The molecule has 0 atom stereocenters. The Morgan fingerprint density at radius 2 is 1.86 bits per heavy atom. The summed E-state index contributed by atoms with van der Waals surface area (Å²) in [7, 11) is 0. The van der Waals surface area contributed by atoms with Crippen LogP contribution in [0.5, 0.6) is 0 Å². The summed E-state index contributed by atoms with van der Waals surface area (Å²) in [4.78, 5) is 9.18. The lowest BCUT2D eigenvalue weighted by Gasteiger charge is -2.13. The Bertz CT molecular complexity index is 876. The highest BCUT2D eigenvalue weighted by molar-refractivity contribution is 14.0. The van der Waals surface area contributed by atoms with Gasteiger partial charge < -0.3 is 10.6 Å². The predicted octanol–water partition coefficient (Wildman–Crippen LogP) is 3.51. The second-order valence-corrected chi connectivity index (χ2v) is 6.29. The van der Waals surface area contributed by atoms with Gasteiger partial charge in [0, 0.05) is 25.1 Å². The topological polar surface area (TPSA) is 67.1 Å². The van der Waals surface area contributed by atoms with Crippen molar-refractivity contribution in [1.29, 1.82) is 0 Å². The van der Waals surface area contributed by atoms with E-state index in [0.29, 0.717) is 13.1 Å². The number of aryl methyl sites for hydroxylation is 1. The maximum Gasteiger partial charge on any atom is 0.191 e. The number of aromatic nitrogens is 3. The normalized spacial score (nSPS) is 11.0. The summed E-state index contributed by atoms with van der Waals surface area (Å²) < 4.78 is 1.93. The molecule has 0 saturated heterocycles. The number of hydrogen-bond donors (Lipinski definition) is 2. The third kappa shape index (κ3) is 6.33. The first-order valence-corrected chi connectivity index (χ1v) is 9.23. The van der Waals surface area contributed by atoms with E-state index in [-0.39, 0.29) is 24.0 Å². The van der Waals surface area contributed by atoms with Crippen LogP contribution in [-0.2, 0) is 19.6 Å². The Morgan fingerprint density at radius 3 is 2.57 bits per heavy atom. The second kappa shape index (κ2) is 11.4. The maximum absolute atomic E-state index is 4.76. The number of pyridine rings is 1. The molecule has 0 amide bonds. The van der Waals surface area contributed by atoms with E-state index in [1.165, 1.54) is 16.7 Å². The molecule has 0 spiro atoms. The van der Waals surface area contributed by atoms with E-state index in [4.69, 9.17) is 4.99 Å². The molecular weight excluding hydrogens is 463 g/mol. The Balaban J connectivity index is 0.00000280. The van der Waals surface area contributed by atoms with Crippen LogP contribution in [0.25, 0.3) is 0 Å². The van der Waals surface area contributed by atoms with Crippen LogP contribution in [0.1, 0.15) is 29.3 Å². The molecular formula is C21H27IN6. The van der Waals surface area contributed by atoms with E-state index in [1.54, 1.807) is 6.20 Å². The second-order valence-electron chi connectivity index (χ2n) is 6.29. The minimum Gasteiger partial charge on any atom is -0.357 e. The summed E-state index contributed by atoms with van der Waals surface area (Å²) >= 11 is 0. The van der Waals surface area contributed by atoms with Gasteiger partial charge in [0.1, 0.15) is 0 Å². The van der Waals surface area contributed by atoms with Crippen molar-refractivity contribution in [2.75, 3.05) is 6.54 Å². The van der Waals surface area contributed by atoms with E-state index in [0.717, 1.165) is 24.7 Å². The molecule has 3 rings (SSSR count). The summed E-state index contributed by atoms with van der Waals surface area (Å²) in [6.45, 7) is 6.94. The fourth-order valence-corrected chi connectivity index (χ4v) is 2.81. The summed E-state index contributed by atoms with van der Waals surface area (Å²) in [5.74, 6) is 0.788. The Labute approximate surface area is 183 Å². The van der Waals surface area contributed by atoms with Gasteiger partial charge in [0.25, 0.3) is 0 Å². The minimum atomic E-state index is 0. The molecule has 0 fully saturated rings. The lowest BCUT2D eigenvalue weighted by Crippen LogP contribution is -2.37. The molecule has 3 aromatic rings. The van der Waals surface area contributed by atoms with Crippen LogP contribution in [0, 0.1) is 6.92 Å². The summed E-state index contributed by atoms with van der Waals surface area (Å²) in [5.41, 5.74) is 4.62. The van der Waals surface area contributed by atoms with Crippen molar-refractivity contribution in [3.05, 3.63) is 83.4 Å². The van der Waals surface area contributed by atoms with Gasteiger partial charge in [-0.25, -0.2) is 4.99 Å². The lowest BCUT2D eigenvalue weighted by molar-refractivity contribution is 0.680. The number of hydrogen-bond acceptors (Lipinski definition) is 3. The van der Waals surface area contributed by atoms with Gasteiger partial charge in [-0.2, -0.15) is 5.10 Å². The van der Waals surface area contributed by atoms with Crippen molar-refractivity contribution in [2.24, 2.45) is 4.99 Å². The summed E-state index contributed by atoms with van der Waals surface area (Å²) in [6.07, 6.45) is 5.59. The zero-order valence-electron chi connectivity index (χ0n) is 16.3. The van der Waals surface area contributed by atoms with Gasteiger partial charge in [-0.3, -0.25) is 9.67 Å². The Hall–Kier alpha value is -2.42. The van der Waals surface area contributed by atoms with Gasteiger partial charge in [0.05, 0.1) is 25.3 Å². The molecule has 0 saturated carbocycles. The molecule has 1 aromatic carbocycles. The van der Waals surface area contributed by atoms with Crippen LogP contribution >= 0.6 is 24.0 Å². The zero-order valence-corrected chi connectivity index (χ0v) is 18.6. The van der Waals surface area contributed by atoms with E-state index < -0.39 is 0 Å². The van der Waals surface area contributed by atoms with E-state index in [2.05, 4.69) is 64.9 Å². The molecule has 2 N–H and O–H groups in total. The monoisotopic (exact) mass is 490 g/mol. The molecule has 0 unspecified atom stereocenters. The summed E-state index contributed by atoms with van der Waals surface area (Å²) in [5, 5.41) is 11.0. The lowest BCUT2D eigenvalue weighted by atomic mass is 10.1. The molecule has 0 aliphatic heterocycles. The van der Waals surface area contributed by atoms with Crippen LogP contribution < -0.4 is 10.6 Å². The van der Waals surface area contributed by atoms with Gasteiger partial charge in [-0.05, 0) is 42.7 Å². The smallest absolute Gasteiger partial charge is 0.191 e. The van der Waals surface area contributed by atoms with Crippen molar-refractivity contribution in [2.45, 2.75) is 33.5 Å². The zero-order chi connectivity index (χ0) is 18.9. The highest BCUT2D eigenvalue weighted by Gasteiger charge is 2.05. The first kappa shape index (κ1) is 21.9. The average Bonchev–Trinajstić information content (AvgIpc) is 3.19. The van der Waals surface area contributed by atoms with Crippen molar-refractivity contribution < 1.29 is 0 Å². The van der Waals surface area contributed by atoms with Crippen LogP contribution in [0.4, 0.5) is 0 Å². The molecule has 28 heavy (non-hydrogen) atoms. The van der Waals surface area contributed by atoms with Crippen LogP contribution in [0.3, 0.4) is 0 Å². The van der Waals surface area contributed by atoms with Gasteiger partial charge in [0.2, 0.25) is 0 Å². The predicted molar refractivity (Wildman–Crippen MR) is 124 cm³/mol. The third-order valence-electron chi connectivity index (χ3n) is 4.30. The molecule has 0 aliphatic carbocycles. The fraction of sp³-hybridized carbons (Fsp3) is 0.286. The number of rotatable bonds is 7. The molecule has 148 valence electrons. The van der Waals surface area contributed by atoms with E-state index >= 15 is 0 Å². The average molecular weight is 490 g/mol. The van der Waals surface area contributed by atoms with Crippen molar-refractivity contribution >= 4 is 29.9 Å². The highest BCUT2D eigenvalue weighted by Crippen LogP contribution is 2.12. The van der Waals surface area contributed by atoms with E-state index in [1.807, 2.05) is 29.2 Å².